The molecule has 180 valence electrons. The summed E-state index contributed by atoms with van der Waals surface area (Å²) in [7, 11) is 0. The molecule has 1 unspecified atom stereocenters. The largest absolute Gasteiger partial charge is 0.459 e. The Bertz CT molecular complexity index is 1390. The molecule has 1 amide bonds. The van der Waals surface area contributed by atoms with Crippen molar-refractivity contribution in [3.05, 3.63) is 108 Å². The zero-order valence-electron chi connectivity index (χ0n) is 20.5. The molecule has 1 saturated heterocycles. The molecule has 3 heterocycles. The van der Waals surface area contributed by atoms with Gasteiger partial charge in [0, 0.05) is 37.1 Å². The molecular formula is C30H28N4O2. The van der Waals surface area contributed by atoms with Crippen LogP contribution < -0.4 is 4.90 Å². The van der Waals surface area contributed by atoms with Gasteiger partial charge in [0.1, 0.15) is 6.07 Å². The van der Waals surface area contributed by atoms with Crippen molar-refractivity contribution in [3.63, 3.8) is 0 Å². The second-order valence-corrected chi connectivity index (χ2v) is 9.26. The van der Waals surface area contributed by atoms with E-state index in [1.165, 1.54) is 6.26 Å². The second kappa shape index (κ2) is 10.1. The number of carbonyl (C=O) groups excluding carboxylic acids is 1. The van der Waals surface area contributed by atoms with Crippen molar-refractivity contribution in [3.8, 4) is 17.3 Å². The summed E-state index contributed by atoms with van der Waals surface area (Å²) >= 11 is 0. The summed E-state index contributed by atoms with van der Waals surface area (Å²) in [6.07, 6.45) is 3.27. The molecule has 6 heteroatoms. The van der Waals surface area contributed by atoms with Gasteiger partial charge in [-0.3, -0.25) is 9.78 Å². The molecule has 0 aliphatic carbocycles. The number of carbonyl (C=O) groups is 1. The highest BCUT2D eigenvalue weighted by Crippen LogP contribution is 2.42. The lowest BCUT2D eigenvalue weighted by molar-refractivity contribution is 0.0690. The summed E-state index contributed by atoms with van der Waals surface area (Å²) < 4.78 is 5.40. The Balaban J connectivity index is 1.63. The minimum absolute atomic E-state index is 0.0747. The molecule has 0 N–H and O–H groups in total. The average Bonchev–Trinajstić information content (AvgIpc) is 3.47. The van der Waals surface area contributed by atoms with Gasteiger partial charge in [0.2, 0.25) is 0 Å². The Kier molecular flexibility index (Phi) is 6.55. The molecule has 1 aliphatic heterocycles. The van der Waals surface area contributed by atoms with Crippen LogP contribution >= 0.6 is 0 Å². The fourth-order valence-electron chi connectivity index (χ4n) is 5.00. The van der Waals surface area contributed by atoms with E-state index in [9.17, 15) is 10.1 Å². The van der Waals surface area contributed by atoms with Crippen molar-refractivity contribution >= 4 is 11.6 Å². The maximum Gasteiger partial charge on any atom is 0.289 e. The maximum atomic E-state index is 13.2. The number of piperazine rings is 1. The molecule has 0 bridgehead atoms. The lowest BCUT2D eigenvalue weighted by atomic mass is 9.90. The van der Waals surface area contributed by atoms with Gasteiger partial charge in [0.25, 0.3) is 5.91 Å². The van der Waals surface area contributed by atoms with Gasteiger partial charge in [-0.1, -0.05) is 56.3 Å². The van der Waals surface area contributed by atoms with Crippen LogP contribution in [0.4, 0.5) is 5.69 Å². The first kappa shape index (κ1) is 23.4. The minimum Gasteiger partial charge on any atom is -0.459 e. The van der Waals surface area contributed by atoms with Crippen LogP contribution in [-0.2, 0) is 0 Å². The Hall–Kier alpha value is -4.37. The van der Waals surface area contributed by atoms with Crippen molar-refractivity contribution < 1.29 is 9.21 Å². The van der Waals surface area contributed by atoms with Crippen LogP contribution in [0.25, 0.3) is 11.3 Å². The highest BCUT2D eigenvalue weighted by Gasteiger charge is 2.34. The first-order valence-electron chi connectivity index (χ1n) is 12.2. The third kappa shape index (κ3) is 4.36. The number of nitriles is 1. The third-order valence-electron chi connectivity index (χ3n) is 6.75. The van der Waals surface area contributed by atoms with E-state index in [2.05, 4.69) is 60.1 Å². The van der Waals surface area contributed by atoms with Crippen LogP contribution in [0.15, 0.2) is 89.7 Å². The number of nitrogens with zero attached hydrogens (tertiary/aromatic N) is 4. The number of benzene rings is 2. The normalized spacial score (nSPS) is 15.7. The van der Waals surface area contributed by atoms with Crippen LogP contribution in [0.5, 0.6) is 0 Å². The van der Waals surface area contributed by atoms with Crippen LogP contribution in [0, 0.1) is 11.3 Å². The van der Waals surface area contributed by atoms with E-state index >= 15 is 0 Å². The van der Waals surface area contributed by atoms with E-state index in [0.717, 1.165) is 22.4 Å². The van der Waals surface area contributed by atoms with Crippen molar-refractivity contribution in [1.82, 2.24) is 9.88 Å². The number of hydrogen-bond acceptors (Lipinski definition) is 5. The number of rotatable bonds is 5. The SMILES string of the molecule is CC(C)c1cccc(N2CCN(C(=O)c3ccco3)CC2c2ccccc2)c1-c1ncccc1C#N. The van der Waals surface area contributed by atoms with Gasteiger partial charge in [-0.2, -0.15) is 5.26 Å². The van der Waals surface area contributed by atoms with E-state index in [1.807, 2.05) is 29.2 Å². The first-order chi connectivity index (χ1) is 17.6. The molecule has 4 aromatic rings. The second-order valence-electron chi connectivity index (χ2n) is 9.26. The number of hydrogen-bond donors (Lipinski definition) is 0. The fourth-order valence-corrected chi connectivity index (χ4v) is 5.00. The van der Waals surface area contributed by atoms with Crippen molar-refractivity contribution in [2.24, 2.45) is 0 Å². The average molecular weight is 477 g/mol. The summed E-state index contributed by atoms with van der Waals surface area (Å²) in [6.45, 7) is 6.03. The van der Waals surface area contributed by atoms with Gasteiger partial charge in [-0.15, -0.1) is 0 Å². The first-order valence-corrected chi connectivity index (χ1v) is 12.2. The van der Waals surface area contributed by atoms with Gasteiger partial charge in [0.15, 0.2) is 5.76 Å². The molecule has 2 aromatic heterocycles. The maximum absolute atomic E-state index is 13.2. The quantitative estimate of drug-likeness (QED) is 0.351. The Morgan fingerprint density at radius 1 is 1.03 bits per heavy atom. The summed E-state index contributed by atoms with van der Waals surface area (Å²) in [5, 5.41) is 9.87. The molecule has 36 heavy (non-hydrogen) atoms. The van der Waals surface area contributed by atoms with E-state index in [1.54, 1.807) is 24.4 Å². The number of amides is 1. The number of furan rings is 1. The minimum atomic E-state index is -0.103. The summed E-state index contributed by atoms with van der Waals surface area (Å²) in [4.78, 5) is 22.1. The van der Waals surface area contributed by atoms with E-state index in [4.69, 9.17) is 4.42 Å². The molecule has 6 nitrogen and oxygen atoms in total. The molecule has 1 atom stereocenters. The van der Waals surface area contributed by atoms with Gasteiger partial charge in [0.05, 0.1) is 23.6 Å². The number of aromatic nitrogens is 1. The van der Waals surface area contributed by atoms with Crippen molar-refractivity contribution in [2.75, 3.05) is 24.5 Å². The van der Waals surface area contributed by atoms with Crippen molar-refractivity contribution in [2.45, 2.75) is 25.8 Å². The number of pyridine rings is 1. The standard InChI is InChI=1S/C30H28N4O2/c1-21(2)24-12-6-13-25(28(24)29-23(19-31)11-7-15-32-29)34-17-16-33(30(35)27-14-8-18-36-27)20-26(34)22-9-4-3-5-10-22/h3-15,18,21,26H,16-17,20H2,1-2H3. The molecule has 1 fully saturated rings. The lowest BCUT2D eigenvalue weighted by Crippen LogP contribution is -2.50. The number of anilines is 1. The smallest absolute Gasteiger partial charge is 0.289 e. The third-order valence-corrected chi connectivity index (χ3v) is 6.75. The molecule has 0 radical (unpaired) electrons. The topological polar surface area (TPSA) is 73.4 Å². The fraction of sp³-hybridized carbons (Fsp3) is 0.233. The summed E-state index contributed by atoms with van der Waals surface area (Å²) in [5.74, 6) is 0.489. The Morgan fingerprint density at radius 3 is 2.58 bits per heavy atom. The lowest BCUT2D eigenvalue weighted by Gasteiger charge is -2.44. The zero-order chi connectivity index (χ0) is 25.1. The monoisotopic (exact) mass is 476 g/mol. The predicted octanol–water partition coefficient (Wildman–Crippen LogP) is 6.04. The molecule has 5 rings (SSSR count). The van der Waals surface area contributed by atoms with Gasteiger partial charge in [-0.25, -0.2) is 0 Å². The predicted molar refractivity (Wildman–Crippen MR) is 140 cm³/mol. The Labute approximate surface area is 211 Å². The van der Waals surface area contributed by atoms with Crippen molar-refractivity contribution in [1.29, 1.82) is 5.26 Å². The van der Waals surface area contributed by atoms with Gasteiger partial charge < -0.3 is 14.2 Å². The Morgan fingerprint density at radius 2 is 1.86 bits per heavy atom. The summed E-state index contributed by atoms with van der Waals surface area (Å²) in [5.41, 5.74) is 5.52. The van der Waals surface area contributed by atoms with Crippen LogP contribution in [0.2, 0.25) is 0 Å². The molecule has 1 aliphatic rings. The summed E-state index contributed by atoms with van der Waals surface area (Å²) in [6, 6.07) is 25.9. The molecular weight excluding hydrogens is 448 g/mol. The highest BCUT2D eigenvalue weighted by molar-refractivity contribution is 5.92. The van der Waals surface area contributed by atoms with Gasteiger partial charge >= 0.3 is 0 Å². The van der Waals surface area contributed by atoms with Gasteiger partial charge in [-0.05, 0) is 47.4 Å². The van der Waals surface area contributed by atoms with E-state index in [-0.39, 0.29) is 17.9 Å². The molecule has 2 aromatic carbocycles. The van der Waals surface area contributed by atoms with E-state index in [0.29, 0.717) is 36.7 Å². The van der Waals surface area contributed by atoms with Crippen LogP contribution in [0.3, 0.4) is 0 Å². The van der Waals surface area contributed by atoms with Crippen LogP contribution in [-0.4, -0.2) is 35.4 Å². The van der Waals surface area contributed by atoms with Crippen LogP contribution in [0.1, 0.15) is 53.1 Å². The zero-order valence-corrected chi connectivity index (χ0v) is 20.5. The molecule has 0 saturated carbocycles. The molecule has 0 spiro atoms. The highest BCUT2D eigenvalue weighted by atomic mass is 16.3. The van der Waals surface area contributed by atoms with E-state index < -0.39 is 0 Å².